The zero-order valence-corrected chi connectivity index (χ0v) is 24.2. The van der Waals surface area contributed by atoms with Crippen molar-refractivity contribution in [3.05, 3.63) is 54.1 Å². The molecule has 1 heterocycles. The topological polar surface area (TPSA) is 71.1 Å². The first-order chi connectivity index (χ1) is 20.7. The molecule has 0 aromatic heterocycles. The zero-order valence-electron chi connectivity index (χ0n) is 24.2. The smallest absolute Gasteiger partial charge is 0.420 e. The molecule has 0 atom stereocenters. The Morgan fingerprint density at radius 2 is 1.25 bits per heavy atom. The van der Waals surface area contributed by atoms with Crippen molar-refractivity contribution in [1.82, 2.24) is 0 Å². The lowest BCUT2D eigenvalue weighted by Gasteiger charge is -2.60. The van der Waals surface area contributed by atoms with Crippen LogP contribution in [0.4, 0.5) is 26.3 Å². The SMILES string of the molecule is C=CC(=O)Oc1ccc(C2OCC(C34CCC(C5CCC(OC(=O)C=C)CC5)(CC3)CC4)CO2)c(C(F)(F)F)c1C(F)(F)F. The van der Waals surface area contributed by atoms with Gasteiger partial charge in [-0.05, 0) is 93.1 Å². The third-order valence-corrected chi connectivity index (χ3v) is 10.5. The van der Waals surface area contributed by atoms with Crippen molar-refractivity contribution in [1.29, 1.82) is 0 Å². The quantitative estimate of drug-likeness (QED) is 0.131. The summed E-state index contributed by atoms with van der Waals surface area (Å²) < 4.78 is 106. The van der Waals surface area contributed by atoms with Gasteiger partial charge in [0.25, 0.3) is 0 Å². The predicted molar refractivity (Wildman–Crippen MR) is 145 cm³/mol. The van der Waals surface area contributed by atoms with Crippen LogP contribution in [0.25, 0.3) is 0 Å². The van der Waals surface area contributed by atoms with Crippen molar-refractivity contribution in [3.63, 3.8) is 0 Å². The van der Waals surface area contributed by atoms with Crippen molar-refractivity contribution in [2.45, 2.75) is 89.0 Å². The van der Waals surface area contributed by atoms with Crippen molar-refractivity contribution in [2.24, 2.45) is 22.7 Å². The zero-order chi connectivity index (χ0) is 31.9. The highest BCUT2D eigenvalue weighted by Gasteiger charge is 2.56. The minimum absolute atomic E-state index is 0.0588. The Hall–Kier alpha value is -2.86. The van der Waals surface area contributed by atoms with Crippen molar-refractivity contribution in [3.8, 4) is 5.75 Å². The molecule has 0 N–H and O–H groups in total. The lowest BCUT2D eigenvalue weighted by atomic mass is 9.46. The Labute approximate surface area is 251 Å². The molecule has 0 radical (unpaired) electrons. The summed E-state index contributed by atoms with van der Waals surface area (Å²) in [4.78, 5) is 23.1. The van der Waals surface area contributed by atoms with E-state index in [2.05, 4.69) is 17.9 Å². The summed E-state index contributed by atoms with van der Waals surface area (Å²) in [6.07, 6.45) is -1.44. The minimum Gasteiger partial charge on any atom is -0.459 e. The number of fused-ring (bicyclic) bond motifs is 3. The van der Waals surface area contributed by atoms with Gasteiger partial charge in [-0.25, -0.2) is 9.59 Å². The number of rotatable bonds is 7. The maximum Gasteiger partial charge on any atom is 0.420 e. The molecular formula is C32H36F6O6. The highest BCUT2D eigenvalue weighted by Crippen LogP contribution is 2.64. The summed E-state index contributed by atoms with van der Waals surface area (Å²) >= 11 is 0. The lowest BCUT2D eigenvalue weighted by Crippen LogP contribution is -2.52. The van der Waals surface area contributed by atoms with Gasteiger partial charge in [0.05, 0.1) is 18.8 Å². The van der Waals surface area contributed by atoms with E-state index in [0.717, 1.165) is 70.3 Å². The van der Waals surface area contributed by atoms with Gasteiger partial charge < -0.3 is 18.9 Å². The number of esters is 2. The molecule has 4 saturated carbocycles. The molecule has 2 bridgehead atoms. The highest BCUT2D eigenvalue weighted by atomic mass is 19.4. The summed E-state index contributed by atoms with van der Waals surface area (Å²) in [6.45, 7) is 6.65. The first-order valence-corrected chi connectivity index (χ1v) is 14.9. The molecule has 6 rings (SSSR count). The van der Waals surface area contributed by atoms with Gasteiger partial charge in [-0.3, -0.25) is 0 Å². The number of halogens is 6. The van der Waals surface area contributed by atoms with Crippen molar-refractivity contribution >= 4 is 11.9 Å². The van der Waals surface area contributed by atoms with Gasteiger partial charge in [0.1, 0.15) is 17.4 Å². The number of ether oxygens (including phenoxy) is 4. The van der Waals surface area contributed by atoms with Crippen LogP contribution in [0.1, 0.15) is 87.2 Å². The summed E-state index contributed by atoms with van der Waals surface area (Å²) in [7, 11) is 0. The number of hydrogen-bond donors (Lipinski definition) is 0. The Morgan fingerprint density at radius 3 is 1.73 bits per heavy atom. The van der Waals surface area contributed by atoms with Crippen LogP contribution in [-0.4, -0.2) is 31.3 Å². The maximum absolute atomic E-state index is 14.2. The molecule has 0 amide bonds. The van der Waals surface area contributed by atoms with E-state index in [9.17, 15) is 35.9 Å². The standard InChI is InChI=1S/C32H36F6O6/c1-3-24(39)43-21-7-5-19(6-8-21)29-11-14-30(15-12-29,16-13-29)20-17-41-28(42-18-20)22-9-10-23(44-25(40)4-2)27(32(36,37)38)26(22)31(33,34)35/h3-4,9-10,19-21,28H,1-2,5-8,11-18H2. The van der Waals surface area contributed by atoms with Gasteiger partial charge in [-0.15, -0.1) is 0 Å². The van der Waals surface area contributed by atoms with E-state index < -0.39 is 53.0 Å². The summed E-state index contributed by atoms with van der Waals surface area (Å²) in [5.74, 6) is -2.55. The average Bonchev–Trinajstić information content (AvgIpc) is 3.01. The molecule has 6 nitrogen and oxygen atoms in total. The van der Waals surface area contributed by atoms with Gasteiger partial charge in [0, 0.05) is 23.6 Å². The van der Waals surface area contributed by atoms with Gasteiger partial charge >= 0.3 is 24.3 Å². The molecule has 5 aliphatic rings. The number of benzene rings is 1. The lowest BCUT2D eigenvalue weighted by molar-refractivity contribution is -0.240. The molecule has 12 heteroatoms. The fourth-order valence-corrected chi connectivity index (χ4v) is 8.13. The van der Waals surface area contributed by atoms with Gasteiger partial charge in [-0.1, -0.05) is 13.2 Å². The predicted octanol–water partition coefficient (Wildman–Crippen LogP) is 8.11. The van der Waals surface area contributed by atoms with E-state index in [1.807, 2.05) is 0 Å². The maximum atomic E-state index is 14.2. The van der Waals surface area contributed by atoms with E-state index in [4.69, 9.17) is 14.2 Å². The highest BCUT2D eigenvalue weighted by molar-refractivity contribution is 5.83. The fourth-order valence-electron chi connectivity index (χ4n) is 8.13. The van der Waals surface area contributed by atoms with Crippen LogP contribution in [-0.2, 0) is 36.2 Å². The normalized spacial score (nSPS) is 32.5. The number of hydrogen-bond acceptors (Lipinski definition) is 6. The second kappa shape index (κ2) is 12.2. The minimum atomic E-state index is -5.49. The second-order valence-corrected chi connectivity index (χ2v) is 12.6. The van der Waals surface area contributed by atoms with Gasteiger partial charge in [-0.2, -0.15) is 26.3 Å². The molecular weight excluding hydrogens is 594 g/mol. The molecule has 0 spiro atoms. The van der Waals surface area contributed by atoms with Crippen LogP contribution in [0, 0.1) is 22.7 Å². The molecule has 5 fully saturated rings. The van der Waals surface area contributed by atoms with E-state index >= 15 is 0 Å². The van der Waals surface area contributed by atoms with Crippen LogP contribution >= 0.6 is 0 Å². The third kappa shape index (κ3) is 6.29. The molecule has 1 aromatic rings. The summed E-state index contributed by atoms with van der Waals surface area (Å²) in [5, 5.41) is 0. The number of alkyl halides is 6. The molecule has 1 aromatic carbocycles. The first-order valence-electron chi connectivity index (χ1n) is 14.9. The summed E-state index contributed by atoms with van der Waals surface area (Å²) in [6, 6.07) is 1.47. The number of carbonyl (C=O) groups is 2. The largest absolute Gasteiger partial charge is 0.459 e. The van der Waals surface area contributed by atoms with Crippen LogP contribution in [0.5, 0.6) is 5.75 Å². The Balaban J connectivity index is 1.26. The van der Waals surface area contributed by atoms with Gasteiger partial charge in [0.2, 0.25) is 0 Å². The van der Waals surface area contributed by atoms with Crippen LogP contribution in [0.15, 0.2) is 37.4 Å². The molecule has 1 saturated heterocycles. The van der Waals surface area contributed by atoms with Crippen LogP contribution < -0.4 is 4.74 Å². The molecule has 4 aliphatic carbocycles. The second-order valence-electron chi connectivity index (χ2n) is 12.6. The Kier molecular flexibility index (Phi) is 8.98. The van der Waals surface area contributed by atoms with Crippen LogP contribution in [0.3, 0.4) is 0 Å². The molecule has 242 valence electrons. The summed E-state index contributed by atoms with van der Waals surface area (Å²) in [5.41, 5.74) is -4.82. The molecule has 1 aliphatic heterocycles. The van der Waals surface area contributed by atoms with Crippen LogP contribution in [0.2, 0.25) is 0 Å². The Morgan fingerprint density at radius 1 is 0.750 bits per heavy atom. The molecule has 44 heavy (non-hydrogen) atoms. The number of carbonyl (C=O) groups excluding carboxylic acids is 2. The third-order valence-electron chi connectivity index (χ3n) is 10.5. The average molecular weight is 631 g/mol. The van der Waals surface area contributed by atoms with E-state index in [-0.39, 0.29) is 36.1 Å². The molecule has 0 unspecified atom stereocenters. The van der Waals surface area contributed by atoms with E-state index in [0.29, 0.717) is 18.1 Å². The van der Waals surface area contributed by atoms with E-state index in [1.165, 1.54) is 6.08 Å². The fraction of sp³-hybridized carbons (Fsp3) is 0.625. The monoisotopic (exact) mass is 630 g/mol. The van der Waals surface area contributed by atoms with Crippen molar-refractivity contribution in [2.75, 3.05) is 13.2 Å². The Bertz CT molecular complexity index is 1250. The van der Waals surface area contributed by atoms with Crippen molar-refractivity contribution < 1.29 is 54.9 Å². The van der Waals surface area contributed by atoms with Gasteiger partial charge in [0.15, 0.2) is 6.29 Å². The van der Waals surface area contributed by atoms with E-state index in [1.54, 1.807) is 0 Å². The first kappa shape index (κ1) is 32.5.